The Kier molecular flexibility index (Phi) is 62.0. The van der Waals surface area contributed by atoms with E-state index in [0.29, 0.717) is 317 Å². The zero-order chi connectivity index (χ0) is 60.2. The second-order valence-electron chi connectivity index (χ2n) is 17.4. The normalized spacial score (nSPS) is 11.8. The van der Waals surface area contributed by atoms with Gasteiger partial charge in [0.15, 0.2) is 0 Å². The van der Waals surface area contributed by atoms with Crippen molar-refractivity contribution in [3.8, 4) is 0 Å². The lowest BCUT2D eigenvalue weighted by Gasteiger charge is -2.08. The molecule has 2 N–H and O–H groups in total. The van der Waals surface area contributed by atoms with Crippen LogP contribution in [0.15, 0.2) is 12.4 Å². The van der Waals surface area contributed by atoms with Crippen molar-refractivity contribution in [3.63, 3.8) is 0 Å². The van der Waals surface area contributed by atoms with Crippen molar-refractivity contribution < 1.29 is 119 Å². The van der Waals surface area contributed by atoms with Crippen LogP contribution in [-0.4, -0.2) is 344 Å². The van der Waals surface area contributed by atoms with Gasteiger partial charge in [0, 0.05) is 0 Å². The van der Waals surface area contributed by atoms with Gasteiger partial charge in [-0.25, -0.2) is 9.36 Å². The number of aromatic nitrogens is 6. The molecular formula is C54H104N6O25. The van der Waals surface area contributed by atoms with Crippen LogP contribution in [0.1, 0.15) is 11.4 Å². The Morgan fingerprint density at radius 1 is 0.212 bits per heavy atom. The molecule has 31 heteroatoms. The van der Waals surface area contributed by atoms with Crippen LogP contribution in [0.25, 0.3) is 0 Å². The molecule has 0 amide bonds. The van der Waals surface area contributed by atoms with Crippen LogP contribution in [-0.2, 0) is 135 Å². The molecule has 0 aliphatic heterocycles. The Labute approximate surface area is 502 Å². The van der Waals surface area contributed by atoms with Crippen molar-refractivity contribution in [3.05, 3.63) is 23.8 Å². The molecule has 0 unspecified atom stereocenters. The van der Waals surface area contributed by atoms with Gasteiger partial charge in [-0.15, -0.1) is 10.2 Å². The molecule has 0 aliphatic carbocycles. The molecule has 2 aromatic heterocycles. The van der Waals surface area contributed by atoms with Crippen molar-refractivity contribution in [2.75, 3.05) is 304 Å². The number of ether oxygens (including phenoxy) is 23. The highest BCUT2D eigenvalue weighted by atomic mass is 16.6. The zero-order valence-electron chi connectivity index (χ0n) is 50.5. The van der Waals surface area contributed by atoms with Gasteiger partial charge in [-0.05, 0) is 0 Å². The van der Waals surface area contributed by atoms with E-state index >= 15 is 0 Å². The largest absolute Gasteiger partial charge is 0.394 e. The van der Waals surface area contributed by atoms with Crippen LogP contribution in [0.5, 0.6) is 0 Å². The summed E-state index contributed by atoms with van der Waals surface area (Å²) < 4.78 is 130. The van der Waals surface area contributed by atoms with Crippen LogP contribution in [0, 0.1) is 0 Å². The summed E-state index contributed by atoms with van der Waals surface area (Å²) in [4.78, 5) is 0. The Hall–Kier alpha value is -2.72. The number of aliphatic hydroxyl groups excluding tert-OH is 2. The molecule has 0 spiro atoms. The Balaban J connectivity index is 1.18. The lowest BCUT2D eigenvalue weighted by atomic mass is 10.5. The minimum Gasteiger partial charge on any atom is -0.394 e. The molecule has 2 aromatic rings. The molecule has 31 nitrogen and oxygen atoms in total. The van der Waals surface area contributed by atoms with E-state index in [1.54, 1.807) is 9.36 Å². The van der Waals surface area contributed by atoms with E-state index in [1.807, 2.05) is 12.4 Å². The minimum absolute atomic E-state index is 0.0147. The van der Waals surface area contributed by atoms with E-state index in [-0.39, 0.29) is 13.2 Å². The molecular weight excluding hydrogens is 1130 g/mol. The Morgan fingerprint density at radius 3 is 0.541 bits per heavy atom. The average molecular weight is 1240 g/mol. The van der Waals surface area contributed by atoms with Gasteiger partial charge in [0.2, 0.25) is 0 Å². The van der Waals surface area contributed by atoms with Gasteiger partial charge in [-0.3, -0.25) is 0 Å². The molecule has 0 fully saturated rings. The highest BCUT2D eigenvalue weighted by molar-refractivity contribution is 4.90. The monoisotopic (exact) mass is 1240 g/mol. The fraction of sp³-hybridized carbons (Fsp3) is 0.926. The maximum Gasteiger partial charge on any atom is 0.108 e. The van der Waals surface area contributed by atoms with Gasteiger partial charge >= 0.3 is 0 Å². The molecule has 0 radical (unpaired) electrons. The first-order chi connectivity index (χ1) is 42.3. The molecule has 85 heavy (non-hydrogen) atoms. The second-order valence-corrected chi connectivity index (χ2v) is 17.4. The van der Waals surface area contributed by atoms with Crippen LogP contribution in [0.4, 0.5) is 0 Å². The Morgan fingerprint density at radius 2 is 0.365 bits per heavy atom. The van der Waals surface area contributed by atoms with Crippen molar-refractivity contribution in [2.45, 2.75) is 26.3 Å². The topological polar surface area (TPSA) is 314 Å². The van der Waals surface area contributed by atoms with Gasteiger partial charge in [-0.2, -0.15) is 0 Å². The van der Waals surface area contributed by atoms with Crippen molar-refractivity contribution in [2.24, 2.45) is 0 Å². The summed E-state index contributed by atoms with van der Waals surface area (Å²) >= 11 is 0. The molecule has 2 rings (SSSR count). The van der Waals surface area contributed by atoms with Crippen LogP contribution in [0.3, 0.4) is 0 Å². The van der Waals surface area contributed by atoms with E-state index in [1.165, 1.54) is 0 Å². The number of nitrogens with zero attached hydrogens (tertiary/aromatic N) is 6. The van der Waals surface area contributed by atoms with Crippen LogP contribution >= 0.6 is 0 Å². The second kappa shape index (κ2) is 67.2. The molecule has 500 valence electrons. The number of aliphatic hydroxyl groups is 2. The molecule has 0 aromatic carbocycles. The van der Waals surface area contributed by atoms with E-state index in [2.05, 4.69) is 20.6 Å². The predicted octanol–water partition coefficient (Wildman–Crippen LogP) is -1.06. The van der Waals surface area contributed by atoms with Crippen molar-refractivity contribution in [1.29, 1.82) is 0 Å². The summed E-state index contributed by atoms with van der Waals surface area (Å²) in [6.07, 6.45) is 3.67. The molecule has 0 atom stereocenters. The third kappa shape index (κ3) is 58.7. The fourth-order valence-electron chi connectivity index (χ4n) is 6.33. The maximum atomic E-state index is 8.62. The van der Waals surface area contributed by atoms with Gasteiger partial charge in [0.25, 0.3) is 0 Å². The lowest BCUT2D eigenvalue weighted by molar-refractivity contribution is -0.0243. The first-order valence-electron chi connectivity index (χ1n) is 29.6. The molecule has 0 saturated heterocycles. The summed E-state index contributed by atoms with van der Waals surface area (Å²) in [6, 6.07) is 0. The third-order valence-corrected chi connectivity index (χ3v) is 10.5. The number of hydrogen-bond acceptors (Lipinski definition) is 29. The van der Waals surface area contributed by atoms with Crippen molar-refractivity contribution >= 4 is 0 Å². The van der Waals surface area contributed by atoms with Crippen LogP contribution < -0.4 is 0 Å². The SMILES string of the molecule is OCCOCCOCCOCCOCCOCCOCCOCCOCc1cn(CCOCCOCCOCCOCCOCCOCCOCCn2cc(COCCOCCOCCOCCOCCOCCOCCOCCO)nn2)nn1. The first-order valence-corrected chi connectivity index (χ1v) is 29.6. The summed E-state index contributed by atoms with van der Waals surface area (Å²) in [5, 5.41) is 33.8. The van der Waals surface area contributed by atoms with Crippen LogP contribution in [0.2, 0.25) is 0 Å². The summed E-state index contributed by atoms with van der Waals surface area (Å²) in [6.45, 7) is 22.3. The molecule has 2 heterocycles. The standard InChI is InChI=1S/C54H104N6O25/c61-3-7-65-11-15-69-19-23-73-27-31-76-33-35-78-37-39-80-41-43-82-45-47-84-51-53-49-59(57-55-53)1-5-63-9-13-67-17-21-71-25-29-75-30-26-72-22-18-68-14-10-64-6-2-60-50-54(56-58-60)52-85-48-46-83-44-42-81-40-38-79-36-34-77-32-28-74-24-20-70-16-12-66-8-4-62/h49-50,61-62H,1-48,51-52H2. The van der Waals surface area contributed by atoms with E-state index in [0.717, 1.165) is 11.4 Å². The van der Waals surface area contributed by atoms with Gasteiger partial charge in [0.1, 0.15) is 11.4 Å². The lowest BCUT2D eigenvalue weighted by Crippen LogP contribution is -2.15. The quantitative estimate of drug-likeness (QED) is 0.0746. The Bertz CT molecular complexity index is 1480. The number of hydrogen-bond donors (Lipinski definition) is 2. The van der Waals surface area contributed by atoms with Gasteiger partial charge in [0.05, 0.1) is 343 Å². The number of rotatable bonds is 74. The fourth-order valence-corrected chi connectivity index (χ4v) is 6.33. The molecule has 0 bridgehead atoms. The zero-order valence-corrected chi connectivity index (χ0v) is 50.5. The summed E-state index contributed by atoms with van der Waals surface area (Å²) in [5.41, 5.74) is 1.46. The molecule has 0 saturated carbocycles. The first kappa shape index (κ1) is 78.4. The van der Waals surface area contributed by atoms with Gasteiger partial charge < -0.3 is 119 Å². The summed E-state index contributed by atoms with van der Waals surface area (Å²) in [5.74, 6) is 0. The maximum absolute atomic E-state index is 8.62. The average Bonchev–Trinajstić information content (AvgIpc) is 4.21. The van der Waals surface area contributed by atoms with E-state index in [9.17, 15) is 0 Å². The summed E-state index contributed by atoms with van der Waals surface area (Å²) in [7, 11) is 0. The predicted molar refractivity (Wildman–Crippen MR) is 301 cm³/mol. The van der Waals surface area contributed by atoms with Gasteiger partial charge in [-0.1, -0.05) is 10.4 Å². The smallest absolute Gasteiger partial charge is 0.108 e. The van der Waals surface area contributed by atoms with E-state index < -0.39 is 0 Å². The third-order valence-electron chi connectivity index (χ3n) is 10.5. The van der Waals surface area contributed by atoms with Crippen molar-refractivity contribution in [1.82, 2.24) is 30.0 Å². The van der Waals surface area contributed by atoms with E-state index in [4.69, 9.17) is 119 Å². The highest BCUT2D eigenvalue weighted by Crippen LogP contribution is 1.99. The molecule has 0 aliphatic rings. The highest BCUT2D eigenvalue weighted by Gasteiger charge is 2.05. The minimum atomic E-state index is 0.0147.